The average Bonchev–Trinajstić information content (AvgIpc) is 3.16. The molecule has 0 aliphatic carbocycles. The third-order valence-corrected chi connectivity index (χ3v) is 5.41. The van der Waals surface area contributed by atoms with Crippen molar-refractivity contribution in [1.29, 1.82) is 0 Å². The number of aromatic nitrogens is 3. The van der Waals surface area contributed by atoms with Crippen molar-refractivity contribution < 1.29 is 4.79 Å². The molecule has 156 valence electrons. The Bertz CT molecular complexity index is 1480. The van der Waals surface area contributed by atoms with Crippen molar-refractivity contribution in [2.45, 2.75) is 0 Å². The first-order valence-electron chi connectivity index (χ1n) is 10.2. The summed E-state index contributed by atoms with van der Waals surface area (Å²) in [4.78, 5) is 20.9. The number of benzene rings is 3. The highest BCUT2D eigenvalue weighted by Crippen LogP contribution is 2.30. The first kappa shape index (κ1) is 19.5. The van der Waals surface area contributed by atoms with Gasteiger partial charge < -0.3 is 15.2 Å². The number of rotatable bonds is 5. The zero-order chi connectivity index (χ0) is 22.1. The highest BCUT2D eigenvalue weighted by molar-refractivity contribution is 6.06. The number of fused-ring (bicyclic) bond motifs is 2. The lowest BCUT2D eigenvalue weighted by Crippen LogP contribution is -2.07. The largest absolute Gasteiger partial charge is 0.350 e. The van der Waals surface area contributed by atoms with E-state index >= 15 is 0 Å². The van der Waals surface area contributed by atoms with Gasteiger partial charge in [-0.3, -0.25) is 4.79 Å². The molecule has 32 heavy (non-hydrogen) atoms. The van der Waals surface area contributed by atoms with Gasteiger partial charge in [0.2, 0.25) is 11.9 Å². The summed E-state index contributed by atoms with van der Waals surface area (Å²) in [6.07, 6.45) is 5.10. The summed E-state index contributed by atoms with van der Waals surface area (Å²) < 4.78 is 2.10. The smallest absolute Gasteiger partial charge is 0.247 e. The predicted molar refractivity (Wildman–Crippen MR) is 130 cm³/mol. The van der Waals surface area contributed by atoms with Gasteiger partial charge in [-0.05, 0) is 41.8 Å². The van der Waals surface area contributed by atoms with Gasteiger partial charge in [-0.1, -0.05) is 43.0 Å². The van der Waals surface area contributed by atoms with E-state index in [4.69, 9.17) is 4.98 Å². The lowest BCUT2D eigenvalue weighted by molar-refractivity contribution is -0.111. The fourth-order valence-corrected chi connectivity index (χ4v) is 3.89. The van der Waals surface area contributed by atoms with Crippen LogP contribution in [0.3, 0.4) is 0 Å². The van der Waals surface area contributed by atoms with Gasteiger partial charge in [-0.2, -0.15) is 0 Å². The van der Waals surface area contributed by atoms with E-state index in [2.05, 4.69) is 45.1 Å². The average molecular weight is 419 g/mol. The molecule has 2 N–H and O–H groups in total. The molecule has 0 saturated carbocycles. The van der Waals surface area contributed by atoms with Gasteiger partial charge >= 0.3 is 0 Å². The number of hydrogen-bond donors (Lipinski definition) is 2. The van der Waals surface area contributed by atoms with Crippen molar-refractivity contribution in [1.82, 2.24) is 14.5 Å². The van der Waals surface area contributed by atoms with Gasteiger partial charge in [0.1, 0.15) is 0 Å². The van der Waals surface area contributed by atoms with E-state index in [0.29, 0.717) is 5.95 Å². The Morgan fingerprint density at radius 2 is 1.91 bits per heavy atom. The number of hydrogen-bond acceptors (Lipinski definition) is 4. The molecule has 5 rings (SSSR count). The van der Waals surface area contributed by atoms with E-state index < -0.39 is 0 Å². The standard InChI is InChI=1S/C26H21N5O/c1-3-25(32)29-22-9-6-7-17-11-12-18(15-20(17)22)28-26-27-14-13-23(30-26)21-16-31(2)24-10-5-4-8-19(21)24/h3-16H,1H2,2H3,(H,29,32)(H,27,28,30). The first-order valence-corrected chi connectivity index (χ1v) is 10.2. The number of carbonyl (C=O) groups excluding carboxylic acids is 1. The molecule has 2 heterocycles. The Morgan fingerprint density at radius 1 is 1.03 bits per heavy atom. The first-order chi connectivity index (χ1) is 15.6. The van der Waals surface area contributed by atoms with Gasteiger partial charge in [0.05, 0.1) is 5.69 Å². The van der Waals surface area contributed by atoms with Crippen molar-refractivity contribution in [2.24, 2.45) is 7.05 Å². The summed E-state index contributed by atoms with van der Waals surface area (Å²) in [5, 5.41) is 9.23. The number of aryl methyl sites for hydroxylation is 1. The second-order valence-corrected chi connectivity index (χ2v) is 7.50. The molecule has 0 atom stereocenters. The summed E-state index contributed by atoms with van der Waals surface area (Å²) >= 11 is 0. The van der Waals surface area contributed by atoms with Gasteiger partial charge in [0.25, 0.3) is 0 Å². The molecular weight excluding hydrogens is 398 g/mol. The summed E-state index contributed by atoms with van der Waals surface area (Å²) in [5.74, 6) is 0.254. The second-order valence-electron chi connectivity index (χ2n) is 7.50. The fourth-order valence-electron chi connectivity index (χ4n) is 3.89. The fraction of sp³-hybridized carbons (Fsp3) is 0.0385. The molecule has 6 heteroatoms. The third-order valence-electron chi connectivity index (χ3n) is 5.41. The van der Waals surface area contributed by atoms with Crippen LogP contribution in [-0.4, -0.2) is 20.4 Å². The van der Waals surface area contributed by atoms with Gasteiger partial charge in [-0.25, -0.2) is 9.97 Å². The summed E-state index contributed by atoms with van der Waals surface area (Å²) in [6.45, 7) is 3.52. The quantitative estimate of drug-likeness (QED) is 0.361. The lowest BCUT2D eigenvalue weighted by Gasteiger charge is -2.10. The molecule has 0 fully saturated rings. The number of nitrogens with zero attached hydrogens (tertiary/aromatic N) is 3. The van der Waals surface area contributed by atoms with Crippen molar-refractivity contribution in [3.05, 3.63) is 91.8 Å². The molecule has 3 aromatic carbocycles. The third kappa shape index (κ3) is 3.58. The Balaban J connectivity index is 1.50. The Labute approximate surface area is 185 Å². The summed E-state index contributed by atoms with van der Waals surface area (Å²) in [7, 11) is 2.03. The highest BCUT2D eigenvalue weighted by Gasteiger charge is 2.11. The van der Waals surface area contributed by atoms with Crippen LogP contribution in [0.1, 0.15) is 0 Å². The molecule has 0 unspecified atom stereocenters. The maximum atomic E-state index is 11.8. The van der Waals surface area contributed by atoms with Crippen LogP contribution >= 0.6 is 0 Å². The molecule has 0 bridgehead atoms. The Hall–Kier alpha value is -4.45. The van der Waals surface area contributed by atoms with Crippen molar-refractivity contribution in [3.8, 4) is 11.3 Å². The minimum Gasteiger partial charge on any atom is -0.350 e. The molecule has 5 aromatic rings. The monoisotopic (exact) mass is 419 g/mol. The molecule has 6 nitrogen and oxygen atoms in total. The van der Waals surface area contributed by atoms with Crippen LogP contribution < -0.4 is 10.6 Å². The van der Waals surface area contributed by atoms with E-state index in [9.17, 15) is 4.79 Å². The van der Waals surface area contributed by atoms with Crippen LogP contribution in [0.15, 0.2) is 91.8 Å². The Kier molecular flexibility index (Phi) is 4.88. The van der Waals surface area contributed by atoms with Gasteiger partial charge in [0.15, 0.2) is 0 Å². The second kappa shape index (κ2) is 8.00. The molecule has 0 spiro atoms. The molecule has 0 aliphatic heterocycles. The number of para-hydroxylation sites is 1. The predicted octanol–water partition coefficient (Wildman–Crippen LogP) is 5.66. The van der Waals surface area contributed by atoms with E-state index in [0.717, 1.165) is 44.3 Å². The summed E-state index contributed by atoms with van der Waals surface area (Å²) in [5.41, 5.74) is 4.61. The molecular formula is C26H21N5O. The van der Waals surface area contributed by atoms with Crippen molar-refractivity contribution >= 4 is 44.9 Å². The van der Waals surface area contributed by atoms with Gasteiger partial charge in [0, 0.05) is 52.7 Å². The van der Waals surface area contributed by atoms with E-state index in [1.807, 2.05) is 61.6 Å². The zero-order valence-corrected chi connectivity index (χ0v) is 17.5. The van der Waals surface area contributed by atoms with Crippen molar-refractivity contribution in [2.75, 3.05) is 10.6 Å². The van der Waals surface area contributed by atoms with Crippen LogP contribution in [0.2, 0.25) is 0 Å². The van der Waals surface area contributed by atoms with E-state index in [1.165, 1.54) is 6.08 Å². The number of amides is 1. The summed E-state index contributed by atoms with van der Waals surface area (Å²) in [6, 6.07) is 21.9. The molecule has 2 aromatic heterocycles. The molecule has 1 amide bonds. The number of anilines is 3. The number of nitrogens with one attached hydrogen (secondary N) is 2. The maximum absolute atomic E-state index is 11.8. The molecule has 0 saturated heterocycles. The lowest BCUT2D eigenvalue weighted by atomic mass is 10.1. The van der Waals surface area contributed by atoms with Crippen LogP contribution in [-0.2, 0) is 11.8 Å². The molecule has 0 aliphatic rings. The minimum atomic E-state index is -0.248. The van der Waals surface area contributed by atoms with Crippen LogP contribution in [0.5, 0.6) is 0 Å². The SMILES string of the molecule is C=CC(=O)Nc1cccc2ccc(Nc3nccc(-c4cn(C)c5ccccc45)n3)cc12. The zero-order valence-electron chi connectivity index (χ0n) is 17.5. The minimum absolute atomic E-state index is 0.248. The van der Waals surface area contributed by atoms with E-state index in [1.54, 1.807) is 6.20 Å². The highest BCUT2D eigenvalue weighted by atomic mass is 16.1. The van der Waals surface area contributed by atoms with Crippen molar-refractivity contribution in [3.63, 3.8) is 0 Å². The number of carbonyl (C=O) groups is 1. The Morgan fingerprint density at radius 3 is 2.78 bits per heavy atom. The van der Waals surface area contributed by atoms with Crippen LogP contribution in [0.4, 0.5) is 17.3 Å². The van der Waals surface area contributed by atoms with Gasteiger partial charge in [-0.15, -0.1) is 0 Å². The normalized spacial score (nSPS) is 10.9. The topological polar surface area (TPSA) is 71.8 Å². The van der Waals surface area contributed by atoms with E-state index in [-0.39, 0.29) is 5.91 Å². The maximum Gasteiger partial charge on any atom is 0.247 e. The molecule has 0 radical (unpaired) electrons. The van der Waals surface area contributed by atoms with Crippen LogP contribution in [0, 0.1) is 0 Å². The van der Waals surface area contributed by atoms with Crippen LogP contribution in [0.25, 0.3) is 32.9 Å².